The fraction of sp³-hybridized carbons (Fsp3) is 0.400. The molecule has 0 aliphatic rings. The Morgan fingerprint density at radius 1 is 1.53 bits per heavy atom. The molecule has 0 fully saturated rings. The first-order valence-corrected chi connectivity index (χ1v) is 5.35. The maximum atomic E-state index is 13.0. The summed E-state index contributed by atoms with van der Waals surface area (Å²) in [6, 6.07) is 4.60. The van der Waals surface area contributed by atoms with Crippen LogP contribution in [0, 0.1) is 5.82 Å². The molecule has 0 aromatic heterocycles. The van der Waals surface area contributed by atoms with Gasteiger partial charge in [-0.3, -0.25) is 0 Å². The minimum absolute atomic E-state index is 0.0567. The Kier molecular flexibility index (Phi) is 5.17. The molecular formula is C10H13BrFNO2. The van der Waals surface area contributed by atoms with E-state index in [4.69, 9.17) is 15.6 Å². The average Bonchev–Trinajstić information content (AvgIpc) is 2.24. The second-order valence-electron chi connectivity index (χ2n) is 2.99. The minimum Gasteiger partial charge on any atom is -0.394 e. The van der Waals surface area contributed by atoms with Gasteiger partial charge in [-0.1, -0.05) is 6.07 Å². The van der Waals surface area contributed by atoms with Gasteiger partial charge >= 0.3 is 0 Å². The van der Waals surface area contributed by atoms with Crippen molar-refractivity contribution >= 4 is 15.9 Å². The third-order valence-electron chi connectivity index (χ3n) is 1.94. The first-order chi connectivity index (χ1) is 7.19. The lowest BCUT2D eigenvalue weighted by Crippen LogP contribution is -2.17. The van der Waals surface area contributed by atoms with Gasteiger partial charge in [-0.15, -0.1) is 0 Å². The van der Waals surface area contributed by atoms with Crippen LogP contribution in [0.1, 0.15) is 11.7 Å². The predicted molar refractivity (Wildman–Crippen MR) is 58.9 cm³/mol. The topological polar surface area (TPSA) is 55.5 Å². The summed E-state index contributed by atoms with van der Waals surface area (Å²) in [5, 5.41) is 8.62. The van der Waals surface area contributed by atoms with E-state index in [0.717, 1.165) is 5.56 Å². The van der Waals surface area contributed by atoms with Gasteiger partial charge in [0.2, 0.25) is 0 Å². The van der Waals surface area contributed by atoms with Gasteiger partial charge in [-0.25, -0.2) is 4.39 Å². The highest BCUT2D eigenvalue weighted by Crippen LogP contribution is 2.22. The van der Waals surface area contributed by atoms with Gasteiger partial charge in [-0.05, 0) is 33.6 Å². The molecule has 0 saturated carbocycles. The monoisotopic (exact) mass is 277 g/mol. The molecule has 1 unspecified atom stereocenters. The SMILES string of the molecule is NCC(OCCO)c1ccc(F)c(Br)c1. The van der Waals surface area contributed by atoms with Gasteiger partial charge in [0.25, 0.3) is 0 Å². The summed E-state index contributed by atoms with van der Waals surface area (Å²) in [7, 11) is 0. The fourth-order valence-corrected chi connectivity index (χ4v) is 1.60. The largest absolute Gasteiger partial charge is 0.394 e. The number of ether oxygens (including phenoxy) is 1. The van der Waals surface area contributed by atoms with Gasteiger partial charge in [0.15, 0.2) is 0 Å². The van der Waals surface area contributed by atoms with E-state index in [9.17, 15) is 4.39 Å². The summed E-state index contributed by atoms with van der Waals surface area (Å²) in [5.74, 6) is -0.323. The summed E-state index contributed by atoms with van der Waals surface area (Å²) >= 11 is 3.09. The van der Waals surface area contributed by atoms with Crippen molar-refractivity contribution in [3.8, 4) is 0 Å². The fourth-order valence-electron chi connectivity index (χ4n) is 1.21. The lowest BCUT2D eigenvalue weighted by molar-refractivity contribution is 0.0328. The molecule has 5 heteroatoms. The summed E-state index contributed by atoms with van der Waals surface area (Å²) in [6.07, 6.45) is -0.311. The Bertz CT molecular complexity index is 322. The number of rotatable bonds is 5. The zero-order valence-corrected chi connectivity index (χ0v) is 9.71. The molecule has 84 valence electrons. The van der Waals surface area contributed by atoms with Crippen LogP contribution in [-0.4, -0.2) is 24.9 Å². The molecule has 0 bridgehead atoms. The molecule has 0 saturated heterocycles. The molecule has 0 heterocycles. The maximum absolute atomic E-state index is 13.0. The third-order valence-corrected chi connectivity index (χ3v) is 2.55. The van der Waals surface area contributed by atoms with E-state index in [1.54, 1.807) is 12.1 Å². The van der Waals surface area contributed by atoms with Crippen LogP contribution in [0.15, 0.2) is 22.7 Å². The van der Waals surface area contributed by atoms with E-state index in [-0.39, 0.29) is 31.7 Å². The van der Waals surface area contributed by atoms with Crippen molar-refractivity contribution in [2.24, 2.45) is 5.73 Å². The highest BCUT2D eigenvalue weighted by Gasteiger charge is 2.11. The van der Waals surface area contributed by atoms with E-state index in [1.165, 1.54) is 6.07 Å². The summed E-state index contributed by atoms with van der Waals surface area (Å²) in [4.78, 5) is 0. The number of nitrogens with two attached hydrogens (primary N) is 1. The van der Waals surface area contributed by atoms with Crippen molar-refractivity contribution in [1.29, 1.82) is 0 Å². The highest BCUT2D eigenvalue weighted by molar-refractivity contribution is 9.10. The van der Waals surface area contributed by atoms with Gasteiger partial charge < -0.3 is 15.6 Å². The molecule has 0 amide bonds. The summed E-state index contributed by atoms with van der Waals surface area (Å²) in [6.45, 7) is 0.452. The molecule has 0 spiro atoms. The van der Waals surface area contributed by atoms with E-state index in [1.807, 2.05) is 0 Å². The van der Waals surface area contributed by atoms with Crippen LogP contribution < -0.4 is 5.73 Å². The number of hydrogen-bond donors (Lipinski definition) is 2. The van der Waals surface area contributed by atoms with E-state index < -0.39 is 0 Å². The van der Waals surface area contributed by atoms with Crippen molar-refractivity contribution in [2.45, 2.75) is 6.10 Å². The molecule has 1 atom stereocenters. The van der Waals surface area contributed by atoms with Crippen LogP contribution in [0.4, 0.5) is 4.39 Å². The van der Waals surface area contributed by atoms with Crippen LogP contribution in [0.2, 0.25) is 0 Å². The van der Waals surface area contributed by atoms with Crippen LogP contribution in [-0.2, 0) is 4.74 Å². The Hall–Kier alpha value is -0.490. The number of halogens is 2. The first kappa shape index (κ1) is 12.6. The second-order valence-corrected chi connectivity index (χ2v) is 3.85. The lowest BCUT2D eigenvalue weighted by Gasteiger charge is -2.16. The van der Waals surface area contributed by atoms with Crippen molar-refractivity contribution in [3.05, 3.63) is 34.1 Å². The van der Waals surface area contributed by atoms with Crippen LogP contribution in [0.5, 0.6) is 0 Å². The maximum Gasteiger partial charge on any atom is 0.137 e. The quantitative estimate of drug-likeness (QED) is 0.860. The average molecular weight is 278 g/mol. The predicted octanol–water partition coefficient (Wildman–Crippen LogP) is 1.60. The smallest absolute Gasteiger partial charge is 0.137 e. The molecule has 0 radical (unpaired) electrons. The Morgan fingerprint density at radius 2 is 2.27 bits per heavy atom. The van der Waals surface area contributed by atoms with Crippen molar-refractivity contribution < 1.29 is 14.2 Å². The zero-order valence-electron chi connectivity index (χ0n) is 8.12. The van der Waals surface area contributed by atoms with Crippen molar-refractivity contribution in [2.75, 3.05) is 19.8 Å². The second kappa shape index (κ2) is 6.17. The Labute approximate surface area is 96.2 Å². The molecule has 0 aliphatic heterocycles. The molecule has 0 aliphatic carbocycles. The molecule has 1 rings (SSSR count). The normalized spacial score (nSPS) is 12.8. The molecule has 15 heavy (non-hydrogen) atoms. The first-order valence-electron chi connectivity index (χ1n) is 4.56. The van der Waals surface area contributed by atoms with Gasteiger partial charge in [0, 0.05) is 6.54 Å². The molecule has 1 aromatic rings. The minimum atomic E-state index is -0.323. The van der Waals surface area contributed by atoms with E-state index in [2.05, 4.69) is 15.9 Å². The number of hydrogen-bond acceptors (Lipinski definition) is 3. The van der Waals surface area contributed by atoms with Crippen molar-refractivity contribution in [3.63, 3.8) is 0 Å². The number of aliphatic hydroxyl groups excluding tert-OH is 1. The third kappa shape index (κ3) is 3.53. The molecule has 3 nitrogen and oxygen atoms in total. The van der Waals surface area contributed by atoms with E-state index in [0.29, 0.717) is 4.47 Å². The molecule has 3 N–H and O–H groups in total. The Morgan fingerprint density at radius 3 is 2.80 bits per heavy atom. The highest BCUT2D eigenvalue weighted by atomic mass is 79.9. The molecular weight excluding hydrogens is 265 g/mol. The standard InChI is InChI=1S/C10H13BrFNO2/c11-8-5-7(1-2-9(8)12)10(6-13)15-4-3-14/h1-2,5,10,14H,3-4,6,13H2. The summed E-state index contributed by atoms with van der Waals surface area (Å²) in [5.41, 5.74) is 6.31. The zero-order chi connectivity index (χ0) is 11.3. The van der Waals surface area contributed by atoms with Crippen LogP contribution in [0.3, 0.4) is 0 Å². The van der Waals surface area contributed by atoms with Gasteiger partial charge in [0.1, 0.15) is 5.82 Å². The van der Waals surface area contributed by atoms with Crippen LogP contribution in [0.25, 0.3) is 0 Å². The Balaban J connectivity index is 2.78. The molecule has 1 aromatic carbocycles. The lowest BCUT2D eigenvalue weighted by atomic mass is 10.1. The number of aliphatic hydroxyl groups is 1. The van der Waals surface area contributed by atoms with Gasteiger partial charge in [-0.2, -0.15) is 0 Å². The number of benzene rings is 1. The van der Waals surface area contributed by atoms with E-state index >= 15 is 0 Å². The van der Waals surface area contributed by atoms with Crippen LogP contribution >= 0.6 is 15.9 Å². The van der Waals surface area contributed by atoms with Gasteiger partial charge in [0.05, 0.1) is 23.8 Å². The summed E-state index contributed by atoms with van der Waals surface area (Å²) < 4.78 is 18.6. The van der Waals surface area contributed by atoms with Crippen molar-refractivity contribution in [1.82, 2.24) is 0 Å².